The van der Waals surface area contributed by atoms with Gasteiger partial charge in [0.2, 0.25) is 6.08 Å². The van der Waals surface area contributed by atoms with E-state index in [2.05, 4.69) is 27.6 Å². The van der Waals surface area contributed by atoms with E-state index in [0.717, 1.165) is 9.32 Å². The highest BCUT2D eigenvalue weighted by Gasteiger charge is 1.98. The molecule has 0 aliphatic rings. The monoisotopic (exact) mass is 275 g/mol. The minimum absolute atomic E-state index is 0.617. The Morgan fingerprint density at radius 3 is 2.83 bits per heavy atom. The molecule has 0 saturated carbocycles. The normalized spacial score (nSPS) is 8.83. The van der Waals surface area contributed by atoms with Crippen molar-refractivity contribution in [2.45, 2.75) is 0 Å². The van der Waals surface area contributed by atoms with E-state index in [9.17, 15) is 4.79 Å². The molecule has 1 rings (SSSR count). The molecule has 3 nitrogen and oxygen atoms in total. The van der Waals surface area contributed by atoms with Crippen molar-refractivity contribution in [2.24, 2.45) is 4.99 Å². The summed E-state index contributed by atoms with van der Waals surface area (Å²) in [4.78, 5) is 13.5. The smallest absolute Gasteiger partial charge is 0.240 e. The predicted octanol–water partition coefficient (Wildman–Crippen LogP) is 2.27. The summed E-state index contributed by atoms with van der Waals surface area (Å²) in [6.07, 6.45) is 1.49. The summed E-state index contributed by atoms with van der Waals surface area (Å²) in [5, 5.41) is 0. The third kappa shape index (κ3) is 2.06. The van der Waals surface area contributed by atoms with Crippen LogP contribution in [0.3, 0.4) is 0 Å². The Morgan fingerprint density at radius 2 is 2.33 bits per heavy atom. The van der Waals surface area contributed by atoms with E-state index >= 15 is 0 Å². The number of hydrogen-bond acceptors (Lipinski definition) is 3. The minimum atomic E-state index is 0.617. The third-order valence-electron chi connectivity index (χ3n) is 1.32. The van der Waals surface area contributed by atoms with Crippen LogP contribution in [-0.2, 0) is 4.79 Å². The molecule has 0 N–H and O–H groups in total. The fourth-order valence-corrected chi connectivity index (χ4v) is 1.36. The summed E-state index contributed by atoms with van der Waals surface area (Å²) in [7, 11) is 1.59. The van der Waals surface area contributed by atoms with Crippen LogP contribution in [0.15, 0.2) is 23.2 Å². The fraction of sp³-hybridized carbons (Fsp3) is 0.125. The van der Waals surface area contributed by atoms with Crippen LogP contribution in [0.4, 0.5) is 5.69 Å². The number of carbonyl (C=O) groups excluding carboxylic acids is 1. The molecule has 0 radical (unpaired) electrons. The summed E-state index contributed by atoms with van der Waals surface area (Å²) in [6.45, 7) is 0. The highest BCUT2D eigenvalue weighted by atomic mass is 127. The van der Waals surface area contributed by atoms with E-state index in [-0.39, 0.29) is 0 Å². The Bertz CT molecular complexity index is 332. The number of halogens is 1. The Morgan fingerprint density at radius 1 is 1.58 bits per heavy atom. The van der Waals surface area contributed by atoms with E-state index < -0.39 is 0 Å². The van der Waals surface area contributed by atoms with Gasteiger partial charge in [-0.3, -0.25) is 0 Å². The molecule has 0 fully saturated rings. The summed E-state index contributed by atoms with van der Waals surface area (Å²) < 4.78 is 5.85. The first-order valence-electron chi connectivity index (χ1n) is 3.19. The average molecular weight is 275 g/mol. The summed E-state index contributed by atoms with van der Waals surface area (Å²) >= 11 is 2.08. The lowest BCUT2D eigenvalue weighted by molar-refractivity contribution is 0.414. The number of ether oxygens (including phenoxy) is 1. The lowest BCUT2D eigenvalue weighted by atomic mass is 10.3. The van der Waals surface area contributed by atoms with Crippen molar-refractivity contribution in [2.75, 3.05) is 7.11 Å². The Kier molecular flexibility index (Phi) is 3.25. The first kappa shape index (κ1) is 9.22. The number of rotatable bonds is 2. The van der Waals surface area contributed by atoms with E-state index in [4.69, 9.17) is 4.74 Å². The molecule has 0 spiro atoms. The van der Waals surface area contributed by atoms with Gasteiger partial charge in [0.25, 0.3) is 0 Å². The van der Waals surface area contributed by atoms with Crippen molar-refractivity contribution in [1.29, 1.82) is 0 Å². The highest BCUT2D eigenvalue weighted by molar-refractivity contribution is 14.1. The minimum Gasteiger partial charge on any atom is -0.497 e. The highest BCUT2D eigenvalue weighted by Crippen LogP contribution is 2.25. The van der Waals surface area contributed by atoms with Gasteiger partial charge in [0, 0.05) is 3.57 Å². The summed E-state index contributed by atoms with van der Waals surface area (Å²) in [6, 6.07) is 5.26. The number of benzene rings is 1. The van der Waals surface area contributed by atoms with E-state index in [0.29, 0.717) is 5.69 Å². The van der Waals surface area contributed by atoms with Crippen molar-refractivity contribution in [3.8, 4) is 5.75 Å². The zero-order valence-electron chi connectivity index (χ0n) is 6.37. The van der Waals surface area contributed by atoms with Crippen molar-refractivity contribution < 1.29 is 9.53 Å². The molecule has 1 aromatic carbocycles. The maximum atomic E-state index is 9.95. The van der Waals surface area contributed by atoms with Gasteiger partial charge in [0.1, 0.15) is 5.75 Å². The van der Waals surface area contributed by atoms with Crippen molar-refractivity contribution in [3.05, 3.63) is 21.8 Å². The van der Waals surface area contributed by atoms with Crippen LogP contribution in [0.25, 0.3) is 0 Å². The second-order valence-electron chi connectivity index (χ2n) is 2.02. The van der Waals surface area contributed by atoms with Crippen LogP contribution < -0.4 is 4.74 Å². The Hall–Kier alpha value is -0.870. The van der Waals surface area contributed by atoms with Gasteiger partial charge in [0.05, 0.1) is 12.8 Å². The lowest BCUT2D eigenvalue weighted by Gasteiger charge is -2.00. The van der Waals surface area contributed by atoms with Crippen LogP contribution >= 0.6 is 22.6 Å². The van der Waals surface area contributed by atoms with Gasteiger partial charge in [-0.2, -0.15) is 4.99 Å². The molecule has 0 aliphatic heterocycles. The number of methoxy groups -OCH3 is 1. The van der Waals surface area contributed by atoms with Gasteiger partial charge >= 0.3 is 0 Å². The molecule has 1 aromatic rings. The quantitative estimate of drug-likeness (QED) is 0.472. The molecule has 0 saturated heterocycles. The van der Waals surface area contributed by atoms with Crippen LogP contribution in [0.5, 0.6) is 5.75 Å². The average Bonchev–Trinajstić information content (AvgIpc) is 2.09. The van der Waals surface area contributed by atoms with E-state index in [1.165, 1.54) is 6.08 Å². The number of nitrogens with zero attached hydrogens (tertiary/aromatic N) is 1. The molecule has 0 aliphatic carbocycles. The zero-order valence-corrected chi connectivity index (χ0v) is 8.53. The topological polar surface area (TPSA) is 38.7 Å². The first-order valence-corrected chi connectivity index (χ1v) is 4.27. The second-order valence-corrected chi connectivity index (χ2v) is 3.18. The van der Waals surface area contributed by atoms with Gasteiger partial charge in [0.15, 0.2) is 0 Å². The molecule has 0 heterocycles. The molecule has 0 amide bonds. The number of aliphatic imine (C=N–C) groups is 1. The van der Waals surface area contributed by atoms with E-state index in [1.54, 1.807) is 25.3 Å². The predicted molar refractivity (Wildman–Crippen MR) is 53.5 cm³/mol. The Balaban J connectivity index is 3.11. The van der Waals surface area contributed by atoms with Gasteiger partial charge in [-0.15, -0.1) is 0 Å². The fourth-order valence-electron chi connectivity index (χ4n) is 0.754. The largest absolute Gasteiger partial charge is 0.497 e. The number of hydrogen-bond donors (Lipinski definition) is 0. The Labute approximate surface area is 83.6 Å². The standard InChI is InChI=1S/C8H6INO2/c1-12-6-2-3-8(10-5-11)7(9)4-6/h2-4H,1H3. The van der Waals surface area contributed by atoms with Crippen LogP contribution in [0.2, 0.25) is 0 Å². The van der Waals surface area contributed by atoms with Gasteiger partial charge in [-0.1, -0.05) is 0 Å². The molecular formula is C8H6INO2. The third-order valence-corrected chi connectivity index (χ3v) is 2.18. The molecule has 4 heteroatoms. The maximum Gasteiger partial charge on any atom is 0.240 e. The van der Waals surface area contributed by atoms with Gasteiger partial charge in [-0.05, 0) is 40.8 Å². The summed E-state index contributed by atoms with van der Waals surface area (Å²) in [5.74, 6) is 0.754. The second kappa shape index (κ2) is 4.23. The van der Waals surface area contributed by atoms with Crippen LogP contribution in [0, 0.1) is 3.57 Å². The molecule has 0 atom stereocenters. The summed E-state index contributed by atoms with van der Waals surface area (Å²) in [5.41, 5.74) is 0.617. The molecule has 0 bridgehead atoms. The zero-order chi connectivity index (χ0) is 8.97. The molecule has 12 heavy (non-hydrogen) atoms. The van der Waals surface area contributed by atoms with Crippen molar-refractivity contribution in [1.82, 2.24) is 0 Å². The molecular weight excluding hydrogens is 269 g/mol. The van der Waals surface area contributed by atoms with Crippen molar-refractivity contribution >= 4 is 34.4 Å². The first-order chi connectivity index (χ1) is 5.77. The van der Waals surface area contributed by atoms with Gasteiger partial charge < -0.3 is 4.74 Å². The van der Waals surface area contributed by atoms with E-state index in [1.807, 2.05) is 0 Å². The van der Waals surface area contributed by atoms with Gasteiger partial charge in [-0.25, -0.2) is 4.79 Å². The molecule has 62 valence electrons. The maximum absolute atomic E-state index is 9.95. The van der Waals surface area contributed by atoms with Crippen molar-refractivity contribution in [3.63, 3.8) is 0 Å². The number of isocyanates is 1. The lowest BCUT2D eigenvalue weighted by Crippen LogP contribution is -1.82. The van der Waals surface area contributed by atoms with Crippen LogP contribution in [-0.4, -0.2) is 13.2 Å². The molecule has 0 aromatic heterocycles. The molecule has 0 unspecified atom stereocenters. The SMILES string of the molecule is COc1ccc(N=C=O)c(I)c1. The van der Waals surface area contributed by atoms with Crippen LogP contribution in [0.1, 0.15) is 0 Å².